The van der Waals surface area contributed by atoms with Crippen LogP contribution >= 0.6 is 0 Å². The molecule has 0 aliphatic rings. The third-order valence-corrected chi connectivity index (χ3v) is 5.93. The largest absolute Gasteiger partial charge is 0.493 e. The lowest BCUT2D eigenvalue weighted by atomic mass is 9.98. The first-order valence-electron chi connectivity index (χ1n) is 10.00. The molecule has 0 bridgehead atoms. The van der Waals surface area contributed by atoms with E-state index in [9.17, 15) is 13.0 Å². The highest BCUT2D eigenvalue weighted by atomic mass is 32.2. The van der Waals surface area contributed by atoms with E-state index in [0.717, 1.165) is 23.8 Å². The molecule has 2 aromatic carbocycles. The molecule has 0 aliphatic heterocycles. The minimum absolute atomic E-state index is 0.0108. The lowest BCUT2D eigenvalue weighted by Gasteiger charge is -2.14. The van der Waals surface area contributed by atoms with Gasteiger partial charge in [0.1, 0.15) is 5.75 Å². The van der Waals surface area contributed by atoms with E-state index in [1.807, 2.05) is 32.0 Å². The number of hydrogen-bond donors (Lipinski definition) is 1. The van der Waals surface area contributed by atoms with Gasteiger partial charge in [-0.2, -0.15) is 8.42 Å². The second kappa shape index (κ2) is 9.49. The van der Waals surface area contributed by atoms with Crippen molar-refractivity contribution in [1.29, 1.82) is 0 Å². The number of nitrogens with zero attached hydrogens (tertiary/aromatic N) is 1. The second-order valence-corrected chi connectivity index (χ2v) is 8.84. The van der Waals surface area contributed by atoms with Crippen molar-refractivity contribution in [2.24, 2.45) is 5.92 Å². The first-order chi connectivity index (χ1) is 14.3. The lowest BCUT2D eigenvalue weighted by molar-refractivity contribution is 0.279. The quantitative estimate of drug-likeness (QED) is 0.458. The number of hydrogen-bond acceptors (Lipinski definition) is 6. The van der Waals surface area contributed by atoms with Crippen molar-refractivity contribution in [2.75, 3.05) is 13.2 Å². The average Bonchev–Trinajstić information content (AvgIpc) is 3.08. The molecule has 0 saturated carbocycles. The zero-order valence-corrected chi connectivity index (χ0v) is 18.2. The highest BCUT2D eigenvalue weighted by Crippen LogP contribution is 2.28. The molecule has 1 heterocycles. The molecule has 3 rings (SSSR count). The smallest absolute Gasteiger partial charge is 0.294 e. The summed E-state index contributed by atoms with van der Waals surface area (Å²) < 4.78 is 49.1. The summed E-state index contributed by atoms with van der Waals surface area (Å²) in [6.07, 6.45) is 2.17. The maximum absolute atomic E-state index is 11.6. The minimum atomic E-state index is -4.22. The zero-order chi connectivity index (χ0) is 21.7. The lowest BCUT2D eigenvalue weighted by Crippen LogP contribution is -2.08. The van der Waals surface area contributed by atoms with Crippen LogP contribution in [0.4, 0.5) is 0 Å². The first-order valence-corrected chi connectivity index (χ1v) is 11.4. The molecule has 7 nitrogen and oxygen atoms in total. The zero-order valence-electron chi connectivity index (χ0n) is 17.4. The molecule has 3 aromatic rings. The van der Waals surface area contributed by atoms with E-state index in [1.54, 1.807) is 12.1 Å². The molecule has 1 aromatic heterocycles. The first kappa shape index (κ1) is 22.1. The Bertz CT molecular complexity index is 1110. The van der Waals surface area contributed by atoms with Gasteiger partial charge in [0.05, 0.1) is 23.5 Å². The third kappa shape index (κ3) is 5.52. The number of rotatable bonds is 10. The summed E-state index contributed by atoms with van der Waals surface area (Å²) in [4.78, 5) is -0.0108. The van der Waals surface area contributed by atoms with Crippen LogP contribution in [0.15, 0.2) is 45.8 Å². The van der Waals surface area contributed by atoms with Gasteiger partial charge in [0.2, 0.25) is 0 Å². The maximum Gasteiger partial charge on any atom is 0.294 e. The summed E-state index contributed by atoms with van der Waals surface area (Å²) in [5.74, 6) is 1.49. The SMILES string of the molecule is CCOc1noc2cc(OCCC(C)CCc3cc(C)ccc3S(=O)(=O)O)ccc12. The number of benzene rings is 2. The topological polar surface area (TPSA) is 98.9 Å². The minimum Gasteiger partial charge on any atom is -0.493 e. The Morgan fingerprint density at radius 2 is 1.93 bits per heavy atom. The van der Waals surface area contributed by atoms with Crippen molar-refractivity contribution < 1.29 is 27.0 Å². The van der Waals surface area contributed by atoms with Gasteiger partial charge in [-0.25, -0.2) is 0 Å². The molecule has 0 radical (unpaired) electrons. The summed E-state index contributed by atoms with van der Waals surface area (Å²) in [6, 6.07) is 10.5. The van der Waals surface area contributed by atoms with Crippen molar-refractivity contribution in [1.82, 2.24) is 5.16 Å². The van der Waals surface area contributed by atoms with Crippen molar-refractivity contribution in [3.8, 4) is 11.6 Å². The van der Waals surface area contributed by atoms with E-state index in [4.69, 9.17) is 14.0 Å². The monoisotopic (exact) mass is 433 g/mol. The van der Waals surface area contributed by atoms with E-state index >= 15 is 0 Å². The Labute approximate surface area is 176 Å². The highest BCUT2D eigenvalue weighted by Gasteiger charge is 2.16. The van der Waals surface area contributed by atoms with Gasteiger partial charge in [0.25, 0.3) is 16.0 Å². The summed E-state index contributed by atoms with van der Waals surface area (Å²) in [7, 11) is -4.22. The summed E-state index contributed by atoms with van der Waals surface area (Å²) >= 11 is 0. The summed E-state index contributed by atoms with van der Waals surface area (Å²) in [5.41, 5.74) is 2.22. The van der Waals surface area contributed by atoms with E-state index in [0.29, 0.717) is 48.3 Å². The fraction of sp³-hybridized carbons (Fsp3) is 0.409. The second-order valence-electron chi connectivity index (χ2n) is 7.45. The van der Waals surface area contributed by atoms with E-state index in [-0.39, 0.29) is 4.90 Å². The van der Waals surface area contributed by atoms with Crippen molar-refractivity contribution in [2.45, 2.75) is 44.9 Å². The third-order valence-electron chi connectivity index (χ3n) is 4.97. The molecule has 0 fully saturated rings. The standard InChI is InChI=1S/C22H27NO6S/c1-4-27-22-19-9-8-18(14-20(19)29-23-22)28-12-11-15(2)5-7-17-13-16(3)6-10-21(17)30(24,25)26/h6,8-10,13-15H,4-5,7,11-12H2,1-3H3,(H,24,25,26). The van der Waals surface area contributed by atoms with Gasteiger partial charge >= 0.3 is 0 Å². The summed E-state index contributed by atoms with van der Waals surface area (Å²) in [6.45, 7) is 6.93. The molecular weight excluding hydrogens is 406 g/mol. The number of ether oxygens (including phenoxy) is 2. The predicted molar refractivity (Wildman–Crippen MR) is 114 cm³/mol. The number of fused-ring (bicyclic) bond motifs is 1. The Morgan fingerprint density at radius 3 is 2.67 bits per heavy atom. The highest BCUT2D eigenvalue weighted by molar-refractivity contribution is 7.85. The van der Waals surface area contributed by atoms with Crippen molar-refractivity contribution in [3.05, 3.63) is 47.5 Å². The molecule has 1 unspecified atom stereocenters. The van der Waals surface area contributed by atoms with E-state index in [2.05, 4.69) is 12.1 Å². The van der Waals surface area contributed by atoms with Crippen LogP contribution in [-0.2, 0) is 16.5 Å². The summed E-state index contributed by atoms with van der Waals surface area (Å²) in [5, 5.41) is 4.72. The fourth-order valence-electron chi connectivity index (χ4n) is 3.30. The van der Waals surface area contributed by atoms with Crippen LogP contribution in [-0.4, -0.2) is 31.3 Å². The molecule has 0 saturated heterocycles. The van der Waals surface area contributed by atoms with Crippen molar-refractivity contribution in [3.63, 3.8) is 0 Å². The van der Waals surface area contributed by atoms with Crippen LogP contribution < -0.4 is 9.47 Å². The van der Waals surface area contributed by atoms with Gasteiger partial charge in [-0.3, -0.25) is 4.55 Å². The van der Waals surface area contributed by atoms with Gasteiger partial charge in [-0.1, -0.05) is 24.6 Å². The normalized spacial score (nSPS) is 12.8. The van der Waals surface area contributed by atoms with Crippen molar-refractivity contribution >= 4 is 21.1 Å². The van der Waals surface area contributed by atoms with Crippen LogP contribution in [0.2, 0.25) is 0 Å². The maximum atomic E-state index is 11.6. The molecule has 0 amide bonds. The Hall–Kier alpha value is -2.58. The molecule has 8 heteroatoms. The molecule has 30 heavy (non-hydrogen) atoms. The molecule has 0 aliphatic carbocycles. The van der Waals surface area contributed by atoms with Crippen LogP contribution in [0, 0.1) is 12.8 Å². The Balaban J connectivity index is 1.53. The van der Waals surface area contributed by atoms with E-state index < -0.39 is 10.1 Å². The number of aromatic nitrogens is 1. The van der Waals surface area contributed by atoms with Gasteiger partial charge in [0, 0.05) is 6.07 Å². The molecule has 1 atom stereocenters. The fourth-order valence-corrected chi connectivity index (χ4v) is 4.04. The Kier molecular flexibility index (Phi) is 6.99. The van der Waals surface area contributed by atoms with Crippen LogP contribution in [0.3, 0.4) is 0 Å². The predicted octanol–water partition coefficient (Wildman–Crippen LogP) is 4.82. The van der Waals surface area contributed by atoms with Crippen LogP contribution in [0.5, 0.6) is 11.6 Å². The van der Waals surface area contributed by atoms with E-state index in [1.165, 1.54) is 6.07 Å². The average molecular weight is 434 g/mol. The van der Waals surface area contributed by atoms with Crippen LogP contribution in [0.25, 0.3) is 11.0 Å². The van der Waals surface area contributed by atoms with Gasteiger partial charge in [0.15, 0.2) is 5.58 Å². The molecule has 162 valence electrons. The van der Waals surface area contributed by atoms with Gasteiger partial charge in [-0.05, 0) is 67.9 Å². The molecule has 0 spiro atoms. The van der Waals surface area contributed by atoms with Gasteiger partial charge in [-0.15, -0.1) is 0 Å². The van der Waals surface area contributed by atoms with Crippen LogP contribution in [0.1, 0.15) is 37.8 Å². The molecule has 1 N–H and O–H groups in total. The number of aryl methyl sites for hydroxylation is 2. The van der Waals surface area contributed by atoms with Gasteiger partial charge < -0.3 is 14.0 Å². The Morgan fingerprint density at radius 1 is 1.13 bits per heavy atom. The molecular formula is C22H27NO6S.